The Bertz CT molecular complexity index is 170. The average molecular weight is 141 g/mol. The molecule has 1 aromatic heterocycles. The first-order valence-electron chi connectivity index (χ1n) is 3.27. The molecule has 3 heteroatoms. The first kappa shape index (κ1) is 7.28. The number of hydrogen-bond donors (Lipinski definition) is 0. The zero-order valence-electron chi connectivity index (χ0n) is 6.20. The highest BCUT2D eigenvalue weighted by molar-refractivity contribution is 4.87. The molecule has 1 aromatic rings. The van der Waals surface area contributed by atoms with E-state index in [0.29, 0.717) is 6.61 Å². The van der Waals surface area contributed by atoms with Crippen molar-refractivity contribution < 1.29 is 9.15 Å². The molecule has 0 amide bonds. The van der Waals surface area contributed by atoms with E-state index in [-0.39, 0.29) is 6.10 Å². The molecule has 0 spiro atoms. The summed E-state index contributed by atoms with van der Waals surface area (Å²) in [6.07, 6.45) is 3.23. The monoisotopic (exact) mass is 141 g/mol. The van der Waals surface area contributed by atoms with Gasteiger partial charge in [-0.1, -0.05) is 0 Å². The minimum atomic E-state index is 0.247. The molecule has 1 rings (SSSR count). The number of hydrogen-bond acceptors (Lipinski definition) is 3. The molecule has 56 valence electrons. The predicted octanol–water partition coefficient (Wildman–Crippen LogP) is 1.60. The maximum Gasteiger partial charge on any atom is 0.180 e. The molecule has 3 nitrogen and oxygen atoms in total. The van der Waals surface area contributed by atoms with Crippen LogP contribution in [0.4, 0.5) is 0 Å². The van der Waals surface area contributed by atoms with Gasteiger partial charge < -0.3 is 9.15 Å². The number of ether oxygens (including phenoxy) is 1. The second-order valence-corrected chi connectivity index (χ2v) is 2.34. The smallest absolute Gasteiger partial charge is 0.180 e. The molecule has 0 unspecified atom stereocenters. The largest absolute Gasteiger partial charge is 0.451 e. The summed E-state index contributed by atoms with van der Waals surface area (Å²) in [6, 6.07) is 0. The van der Waals surface area contributed by atoms with Crippen LogP contribution in [0.2, 0.25) is 0 Å². The van der Waals surface area contributed by atoms with E-state index in [4.69, 9.17) is 9.15 Å². The lowest BCUT2D eigenvalue weighted by atomic mass is 10.4. The highest BCUT2D eigenvalue weighted by Gasteiger charge is 1.97. The molecule has 0 aliphatic rings. The Balaban J connectivity index is 2.28. The van der Waals surface area contributed by atoms with Gasteiger partial charge in [0.05, 0.1) is 12.7 Å². The molecule has 0 N–H and O–H groups in total. The maximum absolute atomic E-state index is 5.26. The molecule has 0 saturated heterocycles. The van der Waals surface area contributed by atoms with Gasteiger partial charge in [0.15, 0.2) is 6.39 Å². The molecule has 0 fully saturated rings. The van der Waals surface area contributed by atoms with E-state index in [1.54, 1.807) is 6.26 Å². The summed E-state index contributed by atoms with van der Waals surface area (Å²) in [5, 5.41) is 0. The Morgan fingerprint density at radius 3 is 3.00 bits per heavy atom. The Hall–Kier alpha value is -0.830. The molecule has 10 heavy (non-hydrogen) atoms. The zero-order chi connectivity index (χ0) is 7.40. The van der Waals surface area contributed by atoms with Crippen LogP contribution >= 0.6 is 0 Å². The van der Waals surface area contributed by atoms with Crippen LogP contribution < -0.4 is 0 Å². The topological polar surface area (TPSA) is 35.3 Å². The lowest BCUT2D eigenvalue weighted by Crippen LogP contribution is -2.01. The van der Waals surface area contributed by atoms with Gasteiger partial charge in [0.25, 0.3) is 0 Å². The summed E-state index contributed by atoms with van der Waals surface area (Å²) in [4.78, 5) is 3.90. The average Bonchev–Trinajstić information content (AvgIpc) is 2.34. The molecule has 0 aromatic carbocycles. The van der Waals surface area contributed by atoms with Gasteiger partial charge in [-0.25, -0.2) is 4.98 Å². The maximum atomic E-state index is 5.26. The Labute approximate surface area is 60.0 Å². The summed E-state index contributed by atoms with van der Waals surface area (Å²) in [7, 11) is 0. The van der Waals surface area contributed by atoms with E-state index in [1.165, 1.54) is 6.39 Å². The zero-order valence-corrected chi connectivity index (χ0v) is 6.20. The van der Waals surface area contributed by atoms with Crippen LogP contribution in [0.15, 0.2) is 17.1 Å². The van der Waals surface area contributed by atoms with Gasteiger partial charge in [-0.2, -0.15) is 0 Å². The molecule has 1 heterocycles. The molecular weight excluding hydrogens is 130 g/mol. The third-order valence-corrected chi connectivity index (χ3v) is 1.05. The minimum Gasteiger partial charge on any atom is -0.451 e. The van der Waals surface area contributed by atoms with Gasteiger partial charge in [-0.05, 0) is 13.8 Å². The predicted molar refractivity (Wildman–Crippen MR) is 36.4 cm³/mol. The fourth-order valence-electron chi connectivity index (χ4n) is 0.561. The van der Waals surface area contributed by atoms with Crippen LogP contribution in [0.5, 0.6) is 0 Å². The highest BCUT2D eigenvalue weighted by atomic mass is 16.5. The van der Waals surface area contributed by atoms with Gasteiger partial charge in [-0.3, -0.25) is 0 Å². The van der Waals surface area contributed by atoms with Crippen molar-refractivity contribution in [2.24, 2.45) is 0 Å². The van der Waals surface area contributed by atoms with E-state index in [9.17, 15) is 0 Å². The highest BCUT2D eigenvalue weighted by Crippen LogP contribution is 1.99. The van der Waals surface area contributed by atoms with Gasteiger partial charge in [0, 0.05) is 0 Å². The van der Waals surface area contributed by atoms with Crippen LogP contribution in [-0.4, -0.2) is 11.1 Å². The Kier molecular flexibility index (Phi) is 2.45. The second-order valence-electron chi connectivity index (χ2n) is 2.34. The first-order chi connectivity index (χ1) is 4.79. The minimum absolute atomic E-state index is 0.247. The van der Waals surface area contributed by atoms with Gasteiger partial charge in [0.2, 0.25) is 0 Å². The van der Waals surface area contributed by atoms with Crippen molar-refractivity contribution in [2.45, 2.75) is 26.6 Å². The van der Waals surface area contributed by atoms with Crippen LogP contribution in [0.3, 0.4) is 0 Å². The van der Waals surface area contributed by atoms with Crippen molar-refractivity contribution >= 4 is 0 Å². The van der Waals surface area contributed by atoms with Crippen molar-refractivity contribution in [3.63, 3.8) is 0 Å². The summed E-state index contributed by atoms with van der Waals surface area (Å²) < 4.78 is 10.0. The SMILES string of the molecule is CC(C)OCc1cocn1. The summed E-state index contributed by atoms with van der Waals surface area (Å²) in [5.74, 6) is 0. The van der Waals surface area contributed by atoms with Crippen LogP contribution in [0, 0.1) is 0 Å². The molecule has 0 atom stereocenters. The molecular formula is C7H11NO2. The fourth-order valence-corrected chi connectivity index (χ4v) is 0.561. The van der Waals surface area contributed by atoms with Gasteiger partial charge in [-0.15, -0.1) is 0 Å². The quantitative estimate of drug-likeness (QED) is 0.641. The summed E-state index contributed by atoms with van der Waals surface area (Å²) >= 11 is 0. The third kappa shape index (κ3) is 2.19. The van der Waals surface area contributed by atoms with E-state index in [0.717, 1.165) is 5.69 Å². The van der Waals surface area contributed by atoms with Crippen molar-refractivity contribution in [1.82, 2.24) is 4.98 Å². The standard InChI is InChI=1S/C7H11NO2/c1-6(2)10-4-7-3-9-5-8-7/h3,5-6H,4H2,1-2H3. The van der Waals surface area contributed by atoms with E-state index in [2.05, 4.69) is 4.98 Å². The summed E-state index contributed by atoms with van der Waals surface area (Å²) in [6.45, 7) is 4.51. The Morgan fingerprint density at radius 1 is 1.70 bits per heavy atom. The molecule has 0 radical (unpaired) electrons. The molecule has 0 aliphatic carbocycles. The lowest BCUT2D eigenvalue weighted by molar-refractivity contribution is 0.0635. The van der Waals surface area contributed by atoms with Crippen LogP contribution in [-0.2, 0) is 11.3 Å². The molecule has 0 saturated carbocycles. The molecule has 0 bridgehead atoms. The van der Waals surface area contributed by atoms with Crippen molar-refractivity contribution in [3.05, 3.63) is 18.4 Å². The summed E-state index contributed by atoms with van der Waals surface area (Å²) in [5.41, 5.74) is 0.841. The molecule has 0 aliphatic heterocycles. The van der Waals surface area contributed by atoms with Gasteiger partial charge >= 0.3 is 0 Å². The normalized spacial score (nSPS) is 10.7. The number of aromatic nitrogens is 1. The second kappa shape index (κ2) is 3.37. The van der Waals surface area contributed by atoms with E-state index < -0.39 is 0 Å². The van der Waals surface area contributed by atoms with Crippen molar-refractivity contribution in [2.75, 3.05) is 0 Å². The van der Waals surface area contributed by atoms with Crippen molar-refractivity contribution in [1.29, 1.82) is 0 Å². The van der Waals surface area contributed by atoms with Gasteiger partial charge in [0.1, 0.15) is 12.0 Å². The number of rotatable bonds is 3. The first-order valence-corrected chi connectivity index (χ1v) is 3.27. The number of nitrogens with zero attached hydrogens (tertiary/aromatic N) is 1. The fraction of sp³-hybridized carbons (Fsp3) is 0.571. The third-order valence-electron chi connectivity index (χ3n) is 1.05. The van der Waals surface area contributed by atoms with Crippen LogP contribution in [0.25, 0.3) is 0 Å². The van der Waals surface area contributed by atoms with Crippen LogP contribution in [0.1, 0.15) is 19.5 Å². The lowest BCUT2D eigenvalue weighted by Gasteiger charge is -2.03. The van der Waals surface area contributed by atoms with E-state index in [1.807, 2.05) is 13.8 Å². The Morgan fingerprint density at radius 2 is 2.50 bits per heavy atom. The van der Waals surface area contributed by atoms with E-state index >= 15 is 0 Å². The van der Waals surface area contributed by atoms with Crippen molar-refractivity contribution in [3.8, 4) is 0 Å². The number of oxazole rings is 1.